The summed E-state index contributed by atoms with van der Waals surface area (Å²) in [6, 6.07) is 6.63. The number of nitriles is 1. The minimum Gasteiger partial charge on any atom is -0.484 e. The molecule has 1 aromatic carbocycles. The molecular weight excluding hydrogens is 296 g/mol. The molecule has 0 spiro atoms. The van der Waals surface area contributed by atoms with E-state index in [1.165, 1.54) is 6.08 Å². The van der Waals surface area contributed by atoms with Crippen LogP contribution in [0.15, 0.2) is 30.0 Å². The number of nitrogens with one attached hydrogen (secondary N) is 1. The van der Waals surface area contributed by atoms with E-state index in [9.17, 15) is 9.90 Å². The third kappa shape index (κ3) is 2.43. The highest BCUT2D eigenvalue weighted by atomic mass is 16.5. The molecule has 23 heavy (non-hydrogen) atoms. The van der Waals surface area contributed by atoms with Gasteiger partial charge in [0.25, 0.3) is 0 Å². The van der Waals surface area contributed by atoms with Gasteiger partial charge >= 0.3 is 5.97 Å². The minimum atomic E-state index is -1.28. The van der Waals surface area contributed by atoms with Crippen LogP contribution in [0.25, 0.3) is 0 Å². The molecule has 0 amide bonds. The van der Waals surface area contributed by atoms with Gasteiger partial charge < -0.3 is 19.9 Å². The van der Waals surface area contributed by atoms with E-state index in [0.717, 1.165) is 0 Å². The van der Waals surface area contributed by atoms with Crippen LogP contribution in [0.3, 0.4) is 0 Å². The zero-order valence-corrected chi connectivity index (χ0v) is 13.2. The van der Waals surface area contributed by atoms with Crippen molar-refractivity contribution in [1.29, 1.82) is 5.26 Å². The summed E-state index contributed by atoms with van der Waals surface area (Å²) in [4.78, 5) is 11.3. The van der Waals surface area contributed by atoms with Crippen LogP contribution in [0.1, 0.15) is 37.9 Å². The first-order valence-corrected chi connectivity index (χ1v) is 7.34. The van der Waals surface area contributed by atoms with E-state index in [0.29, 0.717) is 22.6 Å². The third-order valence-corrected chi connectivity index (χ3v) is 4.59. The van der Waals surface area contributed by atoms with Crippen molar-refractivity contribution in [1.82, 2.24) is 5.32 Å². The summed E-state index contributed by atoms with van der Waals surface area (Å²) in [7, 11) is 0. The Labute approximate surface area is 134 Å². The second kappa shape index (κ2) is 5.00. The molecule has 120 valence electrons. The van der Waals surface area contributed by atoms with Crippen LogP contribution in [-0.4, -0.2) is 28.9 Å². The summed E-state index contributed by atoms with van der Waals surface area (Å²) in [5.41, 5.74) is -0.404. The van der Waals surface area contributed by atoms with Crippen LogP contribution in [0, 0.1) is 11.3 Å². The fourth-order valence-corrected chi connectivity index (χ4v) is 2.83. The lowest BCUT2D eigenvalue weighted by Gasteiger charge is -2.50. The molecule has 2 atom stereocenters. The molecule has 0 saturated heterocycles. The van der Waals surface area contributed by atoms with Crippen LogP contribution in [0.2, 0.25) is 0 Å². The average molecular weight is 314 g/mol. The summed E-state index contributed by atoms with van der Waals surface area (Å²) >= 11 is 0. The fourth-order valence-electron chi connectivity index (χ4n) is 2.83. The van der Waals surface area contributed by atoms with Crippen molar-refractivity contribution in [2.45, 2.75) is 38.0 Å². The van der Waals surface area contributed by atoms with E-state index in [1.54, 1.807) is 39.0 Å². The molecule has 0 aliphatic carbocycles. The van der Waals surface area contributed by atoms with Gasteiger partial charge in [0.05, 0.1) is 23.4 Å². The molecule has 2 N–H and O–H groups in total. The third-order valence-electron chi connectivity index (χ3n) is 4.59. The number of carbonyl (C=O) groups excluding carboxylic acids is 1. The smallest absolute Gasteiger partial charge is 0.333 e. The second-order valence-electron chi connectivity index (χ2n) is 6.48. The highest BCUT2D eigenvalue weighted by Gasteiger charge is 2.53. The Kier molecular flexibility index (Phi) is 3.34. The largest absolute Gasteiger partial charge is 0.484 e. The number of rotatable bonds is 2. The van der Waals surface area contributed by atoms with Gasteiger partial charge in [-0.2, -0.15) is 5.26 Å². The quantitative estimate of drug-likeness (QED) is 0.805. The Hall–Kier alpha value is -2.52. The van der Waals surface area contributed by atoms with E-state index in [1.807, 2.05) is 0 Å². The van der Waals surface area contributed by atoms with Gasteiger partial charge in [0.1, 0.15) is 23.6 Å². The molecular formula is C17H18N2O4. The summed E-state index contributed by atoms with van der Waals surface area (Å²) < 4.78 is 10.8. The number of esters is 1. The molecule has 0 radical (unpaired) electrons. The van der Waals surface area contributed by atoms with E-state index in [-0.39, 0.29) is 6.61 Å². The van der Waals surface area contributed by atoms with E-state index >= 15 is 0 Å². The van der Waals surface area contributed by atoms with Crippen LogP contribution < -0.4 is 10.1 Å². The lowest BCUT2D eigenvalue weighted by Crippen LogP contribution is -2.61. The Morgan fingerprint density at radius 2 is 2.13 bits per heavy atom. The zero-order valence-electron chi connectivity index (χ0n) is 13.2. The number of aliphatic hydroxyl groups is 1. The molecule has 0 saturated carbocycles. The van der Waals surface area contributed by atoms with Crippen molar-refractivity contribution in [3.8, 4) is 11.8 Å². The molecule has 0 aromatic heterocycles. The Morgan fingerprint density at radius 1 is 1.39 bits per heavy atom. The number of benzene rings is 1. The van der Waals surface area contributed by atoms with Gasteiger partial charge in [-0.25, -0.2) is 4.79 Å². The standard InChI is InChI=1S/C17H18N2O4/c1-16(2)17(3,21)15(19-11-7-14(20)22-9-11)12-6-10(8-18)4-5-13(12)23-16/h4-7,15,19,21H,9H2,1-3H3. The van der Waals surface area contributed by atoms with Gasteiger partial charge in [-0.15, -0.1) is 0 Å². The van der Waals surface area contributed by atoms with E-state index in [4.69, 9.17) is 14.7 Å². The topological polar surface area (TPSA) is 91.6 Å². The monoisotopic (exact) mass is 314 g/mol. The normalized spacial score (nSPS) is 28.0. The first kappa shape index (κ1) is 15.4. The predicted octanol–water partition coefficient (Wildman–Crippen LogP) is 1.55. The van der Waals surface area contributed by atoms with Gasteiger partial charge in [0.15, 0.2) is 0 Å². The number of cyclic esters (lactones) is 1. The van der Waals surface area contributed by atoms with Gasteiger partial charge in [-0.05, 0) is 39.0 Å². The summed E-state index contributed by atoms with van der Waals surface area (Å²) in [6.07, 6.45) is 1.37. The highest BCUT2D eigenvalue weighted by molar-refractivity contribution is 5.85. The Balaban J connectivity index is 2.08. The number of hydrogen-bond donors (Lipinski definition) is 2. The molecule has 1 aromatic rings. The maximum atomic E-state index is 11.3. The molecule has 6 nitrogen and oxygen atoms in total. The second-order valence-corrected chi connectivity index (χ2v) is 6.48. The number of ether oxygens (including phenoxy) is 2. The van der Waals surface area contributed by atoms with Crippen molar-refractivity contribution >= 4 is 5.97 Å². The van der Waals surface area contributed by atoms with Crippen molar-refractivity contribution in [3.63, 3.8) is 0 Å². The van der Waals surface area contributed by atoms with Crippen LogP contribution in [0.4, 0.5) is 0 Å². The van der Waals surface area contributed by atoms with Crippen LogP contribution in [-0.2, 0) is 9.53 Å². The molecule has 2 aliphatic heterocycles. The number of fused-ring (bicyclic) bond motifs is 1. The van der Waals surface area contributed by atoms with Crippen molar-refractivity contribution in [3.05, 3.63) is 41.1 Å². The number of hydrogen-bond acceptors (Lipinski definition) is 6. The maximum absolute atomic E-state index is 11.3. The SMILES string of the molecule is CC1(C)Oc2ccc(C#N)cc2C(NC2=CC(=O)OC2)C1(C)O. The van der Waals surface area contributed by atoms with E-state index < -0.39 is 23.2 Å². The molecule has 2 heterocycles. The summed E-state index contributed by atoms with van der Waals surface area (Å²) in [5.74, 6) is 0.188. The summed E-state index contributed by atoms with van der Waals surface area (Å²) in [6.45, 7) is 5.41. The number of carbonyl (C=O) groups is 1. The average Bonchev–Trinajstić information content (AvgIpc) is 2.89. The zero-order chi connectivity index (χ0) is 16.8. The van der Waals surface area contributed by atoms with Crippen LogP contribution in [0.5, 0.6) is 5.75 Å². The van der Waals surface area contributed by atoms with Gasteiger partial charge in [-0.3, -0.25) is 0 Å². The minimum absolute atomic E-state index is 0.139. The molecule has 0 bridgehead atoms. The Bertz CT molecular complexity index is 743. The molecule has 2 aliphatic rings. The van der Waals surface area contributed by atoms with Crippen molar-refractivity contribution in [2.24, 2.45) is 0 Å². The lowest BCUT2D eigenvalue weighted by atomic mass is 9.75. The first-order chi connectivity index (χ1) is 10.7. The molecule has 2 unspecified atom stereocenters. The lowest BCUT2D eigenvalue weighted by molar-refractivity contribution is -0.138. The summed E-state index contributed by atoms with van der Waals surface area (Å²) in [5, 5.41) is 23.4. The Morgan fingerprint density at radius 3 is 2.74 bits per heavy atom. The van der Waals surface area contributed by atoms with Crippen molar-refractivity contribution < 1.29 is 19.4 Å². The number of nitrogens with zero attached hydrogens (tertiary/aromatic N) is 1. The van der Waals surface area contributed by atoms with E-state index in [2.05, 4.69) is 11.4 Å². The predicted molar refractivity (Wildman–Crippen MR) is 81.4 cm³/mol. The molecule has 0 fully saturated rings. The fraction of sp³-hybridized carbons (Fsp3) is 0.412. The highest BCUT2D eigenvalue weighted by Crippen LogP contribution is 2.46. The molecule has 6 heteroatoms. The van der Waals surface area contributed by atoms with Gasteiger partial charge in [-0.1, -0.05) is 0 Å². The molecule has 3 rings (SSSR count). The van der Waals surface area contributed by atoms with Gasteiger partial charge in [0, 0.05) is 11.6 Å². The van der Waals surface area contributed by atoms with Crippen LogP contribution >= 0.6 is 0 Å². The van der Waals surface area contributed by atoms with Gasteiger partial charge in [0.2, 0.25) is 0 Å². The first-order valence-electron chi connectivity index (χ1n) is 7.34. The maximum Gasteiger partial charge on any atom is 0.333 e. The van der Waals surface area contributed by atoms with Crippen molar-refractivity contribution in [2.75, 3.05) is 6.61 Å².